The second-order valence-corrected chi connectivity index (χ2v) is 4.31. The van der Waals surface area contributed by atoms with E-state index in [9.17, 15) is 15.0 Å². The highest BCUT2D eigenvalue weighted by Gasteiger charge is 2.24. The summed E-state index contributed by atoms with van der Waals surface area (Å²) in [6.45, 7) is 0.235. The van der Waals surface area contributed by atoms with Crippen LogP contribution in [0.25, 0.3) is 0 Å². The molecule has 2 atom stereocenters. The fraction of sp³-hybridized carbons (Fsp3) is 0.364. The topological polar surface area (TPSA) is 66.8 Å². The average molecular weight is 287 g/mol. The molecule has 0 radical (unpaired) electrons. The number of alkyl halides is 1. The molecule has 1 heterocycles. The first-order valence-electron chi connectivity index (χ1n) is 4.85. The number of cyclic esters (lactones) is 1. The molecule has 4 nitrogen and oxygen atoms in total. The van der Waals surface area contributed by atoms with Crippen molar-refractivity contribution < 1.29 is 19.7 Å². The highest BCUT2D eigenvalue weighted by atomic mass is 79.9. The SMILES string of the molecule is O=C1OCc2cc(C(O)C(O)CBr)ccc21. The van der Waals surface area contributed by atoms with Crippen molar-refractivity contribution in [3.8, 4) is 0 Å². The van der Waals surface area contributed by atoms with Gasteiger partial charge in [-0.2, -0.15) is 0 Å². The van der Waals surface area contributed by atoms with E-state index in [2.05, 4.69) is 15.9 Å². The van der Waals surface area contributed by atoms with Gasteiger partial charge in [0.25, 0.3) is 0 Å². The highest BCUT2D eigenvalue weighted by Crippen LogP contribution is 2.25. The van der Waals surface area contributed by atoms with Crippen LogP contribution in [-0.4, -0.2) is 27.6 Å². The monoisotopic (exact) mass is 286 g/mol. The third-order valence-corrected chi connectivity index (χ3v) is 3.24. The highest BCUT2D eigenvalue weighted by molar-refractivity contribution is 9.09. The summed E-state index contributed by atoms with van der Waals surface area (Å²) in [6, 6.07) is 4.93. The van der Waals surface area contributed by atoms with Crippen LogP contribution in [0.15, 0.2) is 18.2 Å². The van der Waals surface area contributed by atoms with Gasteiger partial charge in [-0.25, -0.2) is 4.79 Å². The molecule has 2 unspecified atom stereocenters. The van der Waals surface area contributed by atoms with E-state index < -0.39 is 12.2 Å². The first-order chi connectivity index (χ1) is 7.63. The Balaban J connectivity index is 2.28. The summed E-state index contributed by atoms with van der Waals surface area (Å²) >= 11 is 3.10. The molecule has 2 rings (SSSR count). The average Bonchev–Trinajstić information content (AvgIpc) is 2.68. The summed E-state index contributed by atoms with van der Waals surface area (Å²) in [5.74, 6) is -0.336. The number of carbonyl (C=O) groups is 1. The lowest BCUT2D eigenvalue weighted by Gasteiger charge is -2.16. The van der Waals surface area contributed by atoms with E-state index in [1.54, 1.807) is 18.2 Å². The summed E-state index contributed by atoms with van der Waals surface area (Å²) in [5.41, 5.74) is 1.87. The minimum Gasteiger partial charge on any atom is -0.457 e. The van der Waals surface area contributed by atoms with E-state index in [-0.39, 0.29) is 12.6 Å². The number of benzene rings is 1. The molecule has 1 aliphatic rings. The number of ether oxygens (including phenoxy) is 1. The predicted octanol–water partition coefficient (Wildman–Crippen LogP) is 1.15. The third-order valence-electron chi connectivity index (χ3n) is 2.57. The molecule has 86 valence electrons. The molecule has 0 aromatic heterocycles. The van der Waals surface area contributed by atoms with Crippen molar-refractivity contribution in [2.75, 3.05) is 5.33 Å². The Morgan fingerprint density at radius 2 is 2.19 bits per heavy atom. The smallest absolute Gasteiger partial charge is 0.338 e. The molecule has 5 heteroatoms. The van der Waals surface area contributed by atoms with Gasteiger partial charge in [0.15, 0.2) is 0 Å². The minimum atomic E-state index is -0.958. The van der Waals surface area contributed by atoms with Crippen LogP contribution in [0.3, 0.4) is 0 Å². The lowest BCUT2D eigenvalue weighted by atomic mass is 10.0. The molecule has 0 saturated heterocycles. The quantitative estimate of drug-likeness (QED) is 0.646. The van der Waals surface area contributed by atoms with Crippen molar-refractivity contribution in [1.29, 1.82) is 0 Å². The maximum atomic E-state index is 11.2. The van der Waals surface area contributed by atoms with Gasteiger partial charge in [0.2, 0.25) is 0 Å². The van der Waals surface area contributed by atoms with Gasteiger partial charge in [-0.05, 0) is 17.7 Å². The van der Waals surface area contributed by atoms with Gasteiger partial charge in [0.1, 0.15) is 12.7 Å². The standard InChI is InChI=1S/C11H11BrO4/c12-4-9(13)10(14)6-1-2-8-7(3-6)5-16-11(8)15/h1-3,9-10,13-14H,4-5H2. The molecular formula is C11H11BrO4. The molecule has 0 bridgehead atoms. The zero-order valence-corrected chi connectivity index (χ0v) is 9.98. The molecular weight excluding hydrogens is 276 g/mol. The first-order valence-corrected chi connectivity index (χ1v) is 5.97. The molecule has 0 saturated carbocycles. The summed E-state index contributed by atoms with van der Waals surface area (Å²) < 4.78 is 4.85. The molecule has 0 fully saturated rings. The van der Waals surface area contributed by atoms with Gasteiger partial charge in [-0.1, -0.05) is 22.0 Å². The Bertz CT molecular complexity index is 418. The van der Waals surface area contributed by atoms with Crippen molar-refractivity contribution in [2.24, 2.45) is 0 Å². The Kier molecular flexibility index (Phi) is 3.28. The fourth-order valence-electron chi connectivity index (χ4n) is 1.64. The van der Waals surface area contributed by atoms with Crippen LogP contribution in [0.5, 0.6) is 0 Å². The number of halogens is 1. The van der Waals surface area contributed by atoms with Crippen LogP contribution in [0.4, 0.5) is 0 Å². The van der Waals surface area contributed by atoms with Crippen LogP contribution in [0, 0.1) is 0 Å². The van der Waals surface area contributed by atoms with Crippen molar-refractivity contribution in [3.63, 3.8) is 0 Å². The molecule has 16 heavy (non-hydrogen) atoms. The number of esters is 1. The van der Waals surface area contributed by atoms with Crippen LogP contribution >= 0.6 is 15.9 Å². The molecule has 0 spiro atoms. The molecule has 1 aliphatic heterocycles. The Hall–Kier alpha value is -0.910. The number of rotatable bonds is 3. The predicted molar refractivity (Wildman–Crippen MR) is 60.3 cm³/mol. The van der Waals surface area contributed by atoms with E-state index in [1.165, 1.54) is 0 Å². The third kappa shape index (κ3) is 1.98. The second kappa shape index (κ2) is 4.53. The second-order valence-electron chi connectivity index (χ2n) is 3.66. The van der Waals surface area contributed by atoms with E-state index in [4.69, 9.17) is 4.74 Å². The maximum absolute atomic E-state index is 11.2. The van der Waals surface area contributed by atoms with Gasteiger partial charge in [-0.15, -0.1) is 0 Å². The summed E-state index contributed by atoms with van der Waals surface area (Å²) in [6.07, 6.45) is -1.82. The normalized spacial score (nSPS) is 17.8. The van der Waals surface area contributed by atoms with Gasteiger partial charge in [0.05, 0.1) is 11.7 Å². The number of fused-ring (bicyclic) bond motifs is 1. The number of carbonyl (C=O) groups excluding carboxylic acids is 1. The lowest BCUT2D eigenvalue weighted by molar-refractivity contribution is 0.0342. The summed E-state index contributed by atoms with van der Waals surface area (Å²) in [7, 11) is 0. The van der Waals surface area contributed by atoms with E-state index in [1.807, 2.05) is 0 Å². The fourth-order valence-corrected chi connectivity index (χ4v) is 2.00. The van der Waals surface area contributed by atoms with Crippen molar-refractivity contribution >= 4 is 21.9 Å². The minimum absolute atomic E-state index is 0.235. The Labute approximate surface area is 101 Å². The van der Waals surface area contributed by atoms with Crippen molar-refractivity contribution in [2.45, 2.75) is 18.8 Å². The Morgan fingerprint density at radius 3 is 2.88 bits per heavy atom. The van der Waals surface area contributed by atoms with Crippen LogP contribution in [0.2, 0.25) is 0 Å². The number of aliphatic hydroxyl groups is 2. The van der Waals surface area contributed by atoms with Crippen molar-refractivity contribution in [3.05, 3.63) is 34.9 Å². The van der Waals surface area contributed by atoms with Gasteiger partial charge >= 0.3 is 5.97 Å². The number of hydrogen-bond donors (Lipinski definition) is 2. The van der Waals surface area contributed by atoms with Gasteiger partial charge in [0, 0.05) is 10.9 Å². The van der Waals surface area contributed by atoms with Crippen LogP contribution < -0.4 is 0 Å². The van der Waals surface area contributed by atoms with Crippen LogP contribution in [0.1, 0.15) is 27.6 Å². The van der Waals surface area contributed by atoms with Gasteiger partial charge in [-0.3, -0.25) is 0 Å². The molecule has 2 N–H and O–H groups in total. The largest absolute Gasteiger partial charge is 0.457 e. The zero-order chi connectivity index (χ0) is 11.7. The first kappa shape index (κ1) is 11.6. The summed E-state index contributed by atoms with van der Waals surface area (Å²) in [5, 5.41) is 19.6. The maximum Gasteiger partial charge on any atom is 0.338 e. The van der Waals surface area contributed by atoms with E-state index in [0.717, 1.165) is 5.56 Å². The summed E-state index contributed by atoms with van der Waals surface area (Å²) in [4.78, 5) is 11.2. The number of hydrogen-bond acceptors (Lipinski definition) is 4. The molecule has 0 amide bonds. The Morgan fingerprint density at radius 1 is 1.44 bits per heavy atom. The van der Waals surface area contributed by atoms with E-state index in [0.29, 0.717) is 16.5 Å². The molecule has 1 aromatic carbocycles. The number of aliphatic hydroxyl groups excluding tert-OH is 2. The van der Waals surface area contributed by atoms with Crippen molar-refractivity contribution in [1.82, 2.24) is 0 Å². The van der Waals surface area contributed by atoms with Gasteiger partial charge < -0.3 is 14.9 Å². The van der Waals surface area contributed by atoms with E-state index >= 15 is 0 Å². The van der Waals surface area contributed by atoms with Crippen LogP contribution in [-0.2, 0) is 11.3 Å². The lowest BCUT2D eigenvalue weighted by Crippen LogP contribution is -2.19. The molecule has 0 aliphatic carbocycles. The zero-order valence-electron chi connectivity index (χ0n) is 8.39. The molecule has 1 aromatic rings.